The third kappa shape index (κ3) is 7.18. The van der Waals surface area contributed by atoms with Gasteiger partial charge in [0.1, 0.15) is 13.2 Å². The van der Waals surface area contributed by atoms with E-state index in [1.54, 1.807) is 36.4 Å². The molecule has 0 saturated carbocycles. The van der Waals surface area contributed by atoms with Crippen LogP contribution in [0.3, 0.4) is 0 Å². The highest BCUT2D eigenvalue weighted by molar-refractivity contribution is 7.22. The maximum Gasteiger partial charge on any atom is 0.340 e. The molecule has 0 spiro atoms. The predicted octanol–water partition coefficient (Wildman–Crippen LogP) is 14.4. The molecule has 0 fully saturated rings. The van der Waals surface area contributed by atoms with Crippen LogP contribution in [-0.4, -0.2) is 35.1 Å². The number of ether oxygens (including phenoxy) is 2. The molecule has 0 saturated heterocycles. The molecule has 342 valence electrons. The third-order valence-electron chi connectivity index (χ3n) is 13.5. The Hall–Kier alpha value is -8.96. The van der Waals surface area contributed by atoms with Crippen LogP contribution in [-0.2, 0) is 22.7 Å². The summed E-state index contributed by atoms with van der Waals surface area (Å²) in [5.41, 5.74) is 2.92. The van der Waals surface area contributed by atoms with Crippen LogP contribution in [0.15, 0.2) is 181 Å². The Bertz CT molecular complexity index is 3840. The summed E-state index contributed by atoms with van der Waals surface area (Å²) in [7, 11) is 0. The van der Waals surface area contributed by atoms with E-state index in [0.717, 1.165) is 76.9 Å². The van der Waals surface area contributed by atoms with Gasteiger partial charge in [-0.3, -0.25) is 19.2 Å². The van der Waals surface area contributed by atoms with E-state index in [-0.39, 0.29) is 35.5 Å². The average Bonchev–Trinajstić information content (AvgIpc) is 4.13. The quantitative estimate of drug-likeness (QED) is 0.0639. The van der Waals surface area contributed by atoms with Crippen molar-refractivity contribution in [1.82, 2.24) is 0 Å². The summed E-state index contributed by atoms with van der Waals surface area (Å²) in [5.74, 6) is -3.07. The zero-order valence-corrected chi connectivity index (χ0v) is 39.5. The van der Waals surface area contributed by atoms with E-state index in [0.29, 0.717) is 52.2 Å². The van der Waals surface area contributed by atoms with Crippen molar-refractivity contribution in [3.63, 3.8) is 0 Å². The van der Waals surface area contributed by atoms with Crippen molar-refractivity contribution in [3.8, 4) is 0 Å². The Morgan fingerprint density at radius 1 is 0.375 bits per heavy atom. The first-order chi connectivity index (χ1) is 35.1. The van der Waals surface area contributed by atoms with Gasteiger partial charge in [-0.2, -0.15) is 0 Å². The minimum Gasteiger partial charge on any atom is -0.457 e. The zero-order chi connectivity index (χ0) is 48.8. The van der Waals surface area contributed by atoms with Crippen molar-refractivity contribution in [2.45, 2.75) is 13.2 Å². The molecule has 2 heterocycles. The molecule has 0 aliphatic heterocycles. The van der Waals surface area contributed by atoms with E-state index in [4.69, 9.17) is 9.47 Å². The Morgan fingerprint density at radius 3 is 1.00 bits per heavy atom. The summed E-state index contributed by atoms with van der Waals surface area (Å²) in [6.07, 6.45) is 3.05. The topological polar surface area (TPSA) is 121 Å². The summed E-state index contributed by atoms with van der Waals surface area (Å²) in [4.78, 5) is 87.0. The number of Topliss-reactive ketones (excluding diaryl/α,β-unsaturated/α-hetero) is 4. The molecular formula is C62H34O8S2. The van der Waals surface area contributed by atoms with Crippen molar-refractivity contribution in [1.29, 1.82) is 0 Å². The highest BCUT2D eigenvalue weighted by Gasteiger charge is 2.36. The summed E-state index contributed by atoms with van der Waals surface area (Å²) in [5, 5.41) is 8.06. The number of carbonyl (C=O) groups excluding carboxylic acids is 6. The molecule has 0 N–H and O–H groups in total. The van der Waals surface area contributed by atoms with Gasteiger partial charge in [-0.1, -0.05) is 109 Å². The van der Waals surface area contributed by atoms with Crippen LogP contribution in [0.4, 0.5) is 0 Å². The minimum absolute atomic E-state index is 0.0402. The number of benzene rings is 9. The van der Waals surface area contributed by atoms with Crippen LogP contribution in [0.5, 0.6) is 0 Å². The van der Waals surface area contributed by atoms with Gasteiger partial charge < -0.3 is 9.47 Å². The van der Waals surface area contributed by atoms with E-state index in [1.807, 2.05) is 133 Å². The van der Waals surface area contributed by atoms with Crippen LogP contribution >= 0.6 is 22.7 Å². The van der Waals surface area contributed by atoms with Crippen LogP contribution in [0.1, 0.15) is 83.0 Å². The smallest absolute Gasteiger partial charge is 0.340 e. The molecule has 0 amide bonds. The lowest BCUT2D eigenvalue weighted by Crippen LogP contribution is -2.10. The lowest BCUT2D eigenvalue weighted by Gasteiger charge is -2.11. The van der Waals surface area contributed by atoms with Gasteiger partial charge in [-0.15, -0.1) is 22.7 Å². The molecule has 8 nitrogen and oxygen atoms in total. The number of hydrogen-bond acceptors (Lipinski definition) is 10. The molecule has 0 unspecified atom stereocenters. The summed E-state index contributed by atoms with van der Waals surface area (Å²) in [6.45, 7) is -0.105. The molecule has 2 aromatic heterocycles. The fourth-order valence-electron chi connectivity index (χ4n) is 10.0. The number of fused-ring (bicyclic) bond motifs is 8. The first kappa shape index (κ1) is 43.1. The van der Waals surface area contributed by atoms with Gasteiger partial charge >= 0.3 is 11.9 Å². The van der Waals surface area contributed by atoms with Crippen molar-refractivity contribution in [2.75, 3.05) is 0 Å². The summed E-state index contributed by atoms with van der Waals surface area (Å²) < 4.78 is 12.8. The molecule has 10 heteroatoms. The van der Waals surface area contributed by atoms with E-state index >= 15 is 0 Å². The van der Waals surface area contributed by atoms with Crippen LogP contribution in [0.2, 0.25) is 0 Å². The normalized spacial score (nSPS) is 13.3. The Morgan fingerprint density at radius 2 is 0.681 bits per heavy atom. The number of allylic oxidation sites excluding steroid dienone is 2. The SMILES string of the molecule is O=C1C(=Cc2cc3c(C(=O)OCc4ccccc4)c4sc(C=C5C(=O)c6cc7cc8ccccc8cc7cc6C5=O)cc4c(C(=O)OCc4ccccc4)c3s2)C(=O)c2cc3cc4ccccc4cc3cc21. The maximum absolute atomic E-state index is 14.7. The second-order valence-electron chi connectivity index (χ2n) is 18.0. The molecule has 0 atom stereocenters. The highest BCUT2D eigenvalue weighted by atomic mass is 32.1. The van der Waals surface area contributed by atoms with E-state index in [9.17, 15) is 28.8 Å². The summed E-state index contributed by atoms with van der Waals surface area (Å²) in [6, 6.07) is 52.7. The Kier molecular flexibility index (Phi) is 10.1. The lowest BCUT2D eigenvalue weighted by atomic mass is 9.99. The summed E-state index contributed by atoms with van der Waals surface area (Å²) >= 11 is 2.27. The molecule has 0 radical (unpaired) electrons. The number of hydrogen-bond donors (Lipinski definition) is 0. The van der Waals surface area contributed by atoms with Crippen molar-refractivity contribution in [3.05, 3.63) is 235 Å². The Balaban J connectivity index is 0.960. The zero-order valence-electron chi connectivity index (χ0n) is 37.8. The molecular weight excluding hydrogens is 937 g/mol. The van der Waals surface area contributed by atoms with Crippen molar-refractivity contribution in [2.24, 2.45) is 0 Å². The Labute approximate surface area is 417 Å². The van der Waals surface area contributed by atoms with Crippen molar-refractivity contribution >= 4 is 133 Å². The predicted molar refractivity (Wildman–Crippen MR) is 285 cm³/mol. The van der Waals surface area contributed by atoms with E-state index in [2.05, 4.69) is 0 Å². The van der Waals surface area contributed by atoms with Crippen LogP contribution in [0, 0.1) is 0 Å². The largest absolute Gasteiger partial charge is 0.457 e. The van der Waals surface area contributed by atoms with Gasteiger partial charge in [0.15, 0.2) is 23.1 Å². The van der Waals surface area contributed by atoms with Gasteiger partial charge in [0, 0.05) is 42.8 Å². The van der Waals surface area contributed by atoms with E-state index in [1.165, 1.54) is 12.2 Å². The fraction of sp³-hybridized carbons (Fsp3) is 0.0323. The number of carbonyl (C=O) groups is 6. The first-order valence-electron chi connectivity index (χ1n) is 23.1. The van der Waals surface area contributed by atoms with Crippen LogP contribution < -0.4 is 0 Å². The second kappa shape index (κ2) is 16.9. The molecule has 2 aliphatic rings. The van der Waals surface area contributed by atoms with Crippen molar-refractivity contribution < 1.29 is 38.2 Å². The maximum atomic E-state index is 14.7. The molecule has 9 aromatic carbocycles. The number of esters is 2. The average molecular weight is 971 g/mol. The van der Waals surface area contributed by atoms with E-state index < -0.39 is 35.1 Å². The molecule has 72 heavy (non-hydrogen) atoms. The number of thiophene rings is 2. The van der Waals surface area contributed by atoms with Gasteiger partial charge in [-0.25, -0.2) is 9.59 Å². The molecule has 2 aliphatic carbocycles. The van der Waals surface area contributed by atoms with Gasteiger partial charge in [0.2, 0.25) is 0 Å². The molecule has 0 bridgehead atoms. The highest BCUT2D eigenvalue weighted by Crippen LogP contribution is 2.45. The van der Waals surface area contributed by atoms with Gasteiger partial charge in [0.25, 0.3) is 0 Å². The van der Waals surface area contributed by atoms with Gasteiger partial charge in [-0.05, 0) is 127 Å². The standard InChI is InChI=1S/C62H34O8S2/c63-55-45-23-39-19-35-15-7-8-16-36(35)20-40(39)24-46(45)56(64)51(55)29-43-27-49-53(61(67)69-31-33-11-3-1-4-12-33)59-50(54(60(49)72-43)62(68)70-32-34-13-5-2-6-14-34)28-44(71-59)30-52-57(65)47-25-41-21-37-17-9-10-18-38(37)22-42(41)26-48(47)58(52)66/h1-30H,31-32H2. The minimum atomic E-state index is -0.685. The first-order valence-corrected chi connectivity index (χ1v) is 24.8. The second-order valence-corrected chi connectivity index (χ2v) is 20.1. The monoisotopic (exact) mass is 970 g/mol. The lowest BCUT2D eigenvalue weighted by molar-refractivity contribution is 0.0465. The number of rotatable bonds is 8. The third-order valence-corrected chi connectivity index (χ3v) is 15.7. The number of ketones is 4. The van der Waals surface area contributed by atoms with Crippen LogP contribution in [0.25, 0.3) is 75.4 Å². The molecule has 13 rings (SSSR count). The molecule has 11 aromatic rings. The fourth-order valence-corrected chi connectivity index (χ4v) is 12.3. The van der Waals surface area contributed by atoms with Gasteiger partial charge in [0.05, 0.1) is 31.7 Å².